The fraction of sp³-hybridized carbons (Fsp3) is 0.115. The summed E-state index contributed by atoms with van der Waals surface area (Å²) in [6, 6.07) is 17.3. The van der Waals surface area contributed by atoms with E-state index in [0.717, 1.165) is 17.3 Å². The van der Waals surface area contributed by atoms with Crippen molar-refractivity contribution >= 4 is 40.5 Å². The Hall–Kier alpha value is -4.04. The van der Waals surface area contributed by atoms with E-state index in [2.05, 4.69) is 4.99 Å². The maximum Gasteiger partial charge on any atom is 0.344 e. The van der Waals surface area contributed by atoms with Crippen molar-refractivity contribution in [2.24, 2.45) is 4.99 Å². The van der Waals surface area contributed by atoms with Crippen molar-refractivity contribution in [3.05, 3.63) is 93.8 Å². The van der Waals surface area contributed by atoms with Gasteiger partial charge in [0.05, 0.1) is 22.8 Å². The second-order valence-corrected chi connectivity index (χ2v) is 8.39. The molecule has 1 aliphatic rings. The molecule has 0 amide bonds. The molecule has 0 aliphatic carbocycles. The largest absolute Gasteiger partial charge is 0.506 e. The normalized spacial score (nSPS) is 15.8. The molecule has 7 nitrogen and oxygen atoms in total. The van der Waals surface area contributed by atoms with E-state index in [-0.39, 0.29) is 23.5 Å². The molecule has 0 atom stereocenters. The summed E-state index contributed by atoms with van der Waals surface area (Å²) in [5.74, 6) is -1.23. The Balaban J connectivity index is 1.71. The van der Waals surface area contributed by atoms with Gasteiger partial charge in [-0.1, -0.05) is 47.7 Å². The van der Waals surface area contributed by atoms with E-state index < -0.39 is 11.9 Å². The van der Waals surface area contributed by atoms with Crippen molar-refractivity contribution in [1.29, 1.82) is 0 Å². The van der Waals surface area contributed by atoms with E-state index in [1.165, 1.54) is 6.07 Å². The van der Waals surface area contributed by atoms with E-state index in [1.54, 1.807) is 43.3 Å². The molecule has 0 saturated heterocycles. The lowest BCUT2D eigenvalue weighted by atomic mass is 10.1. The van der Waals surface area contributed by atoms with Gasteiger partial charge in [-0.25, -0.2) is 14.6 Å². The number of hydrogen-bond donors (Lipinski definition) is 2. The molecule has 8 heteroatoms. The van der Waals surface area contributed by atoms with Crippen molar-refractivity contribution in [3.8, 4) is 11.3 Å². The molecule has 2 aromatic carbocycles. The van der Waals surface area contributed by atoms with Gasteiger partial charge in [-0.2, -0.15) is 0 Å². The van der Waals surface area contributed by atoms with Crippen LogP contribution in [0.15, 0.2) is 86.3 Å². The zero-order chi connectivity index (χ0) is 24.2. The minimum Gasteiger partial charge on any atom is -0.506 e. The fourth-order valence-electron chi connectivity index (χ4n) is 3.32. The van der Waals surface area contributed by atoms with Crippen LogP contribution in [0.25, 0.3) is 17.4 Å². The third-order valence-electron chi connectivity index (χ3n) is 4.96. The zero-order valence-corrected chi connectivity index (χ0v) is 19.3. The second-order valence-electron chi connectivity index (χ2n) is 7.36. The number of aliphatic imine (C=N–C) groups is 1. The van der Waals surface area contributed by atoms with Gasteiger partial charge in [-0.15, -0.1) is 0 Å². The Morgan fingerprint density at radius 2 is 1.82 bits per heavy atom. The van der Waals surface area contributed by atoms with E-state index in [1.807, 2.05) is 31.2 Å². The summed E-state index contributed by atoms with van der Waals surface area (Å²) in [7, 11) is 0. The summed E-state index contributed by atoms with van der Waals surface area (Å²) in [5, 5.41) is 20.6. The Bertz CT molecular complexity index is 1350. The van der Waals surface area contributed by atoms with Crippen LogP contribution in [0.1, 0.15) is 28.6 Å². The number of esters is 1. The molecule has 0 spiro atoms. The monoisotopic (exact) mass is 475 g/mol. The second kappa shape index (κ2) is 9.84. The summed E-state index contributed by atoms with van der Waals surface area (Å²) < 4.78 is 11.0. The number of aliphatic hydroxyl groups is 1. The summed E-state index contributed by atoms with van der Waals surface area (Å²) >= 11 is 1.12. The Labute approximate surface area is 200 Å². The first-order chi connectivity index (χ1) is 16.4. The fourth-order valence-corrected chi connectivity index (χ4v) is 4.33. The average Bonchev–Trinajstić information content (AvgIpc) is 3.40. The average molecular weight is 476 g/mol. The summed E-state index contributed by atoms with van der Waals surface area (Å²) in [4.78, 5) is 29.0. The standard InChI is InChI=1S/C26H21NO6S/c1-3-32-26(31)22-23(28)21(34-24(22)27-16-10-8-15(2)9-11-16)14-17-12-13-20(33-17)18-6-4-5-7-19(18)25(29)30/h4-14,28H,3H2,1-2H3,(H,29,30). The molecule has 0 bridgehead atoms. The Morgan fingerprint density at radius 1 is 1.09 bits per heavy atom. The lowest BCUT2D eigenvalue weighted by Crippen LogP contribution is -2.12. The van der Waals surface area contributed by atoms with Crippen molar-refractivity contribution < 1.29 is 29.0 Å². The van der Waals surface area contributed by atoms with Gasteiger partial charge >= 0.3 is 11.9 Å². The molecular weight excluding hydrogens is 454 g/mol. The van der Waals surface area contributed by atoms with Gasteiger partial charge in [0, 0.05) is 5.56 Å². The molecule has 1 aromatic heterocycles. The van der Waals surface area contributed by atoms with Gasteiger partial charge in [0.1, 0.15) is 27.9 Å². The van der Waals surface area contributed by atoms with E-state index in [9.17, 15) is 19.8 Å². The topological polar surface area (TPSA) is 109 Å². The van der Waals surface area contributed by atoms with Crippen LogP contribution in [0.4, 0.5) is 5.69 Å². The molecule has 172 valence electrons. The van der Waals surface area contributed by atoms with Gasteiger partial charge in [0.25, 0.3) is 0 Å². The van der Waals surface area contributed by atoms with Crippen LogP contribution in [-0.2, 0) is 9.53 Å². The lowest BCUT2D eigenvalue weighted by Gasteiger charge is -2.04. The molecule has 0 unspecified atom stereocenters. The number of aromatic carboxylic acids is 1. The minimum absolute atomic E-state index is 0.0123. The van der Waals surface area contributed by atoms with Crippen LogP contribution in [0.2, 0.25) is 0 Å². The predicted octanol–water partition coefficient (Wildman–Crippen LogP) is 6.15. The number of rotatable bonds is 6. The van der Waals surface area contributed by atoms with Gasteiger partial charge in [-0.3, -0.25) is 0 Å². The summed E-state index contributed by atoms with van der Waals surface area (Å²) in [6.45, 7) is 3.80. The predicted molar refractivity (Wildman–Crippen MR) is 131 cm³/mol. The number of thioether (sulfide) groups is 1. The van der Waals surface area contributed by atoms with Crippen LogP contribution in [0.5, 0.6) is 0 Å². The van der Waals surface area contributed by atoms with Crippen LogP contribution < -0.4 is 0 Å². The molecule has 2 heterocycles. The molecule has 3 aromatic rings. The molecule has 0 saturated carbocycles. The number of ether oxygens (including phenoxy) is 1. The van der Waals surface area contributed by atoms with Crippen LogP contribution in [-0.4, -0.2) is 33.8 Å². The van der Waals surface area contributed by atoms with E-state index in [4.69, 9.17) is 9.15 Å². The Morgan fingerprint density at radius 3 is 2.53 bits per heavy atom. The third kappa shape index (κ3) is 4.82. The number of aliphatic hydroxyl groups excluding tert-OH is 1. The smallest absolute Gasteiger partial charge is 0.344 e. The van der Waals surface area contributed by atoms with Gasteiger partial charge in [0.2, 0.25) is 0 Å². The van der Waals surface area contributed by atoms with Gasteiger partial charge in [-0.05, 0) is 50.3 Å². The highest BCUT2D eigenvalue weighted by Gasteiger charge is 2.33. The Kier molecular flexibility index (Phi) is 6.70. The first-order valence-electron chi connectivity index (χ1n) is 10.5. The highest BCUT2D eigenvalue weighted by atomic mass is 32.2. The lowest BCUT2D eigenvalue weighted by molar-refractivity contribution is -0.138. The molecule has 0 fully saturated rings. The van der Waals surface area contributed by atoms with Crippen molar-refractivity contribution in [2.45, 2.75) is 13.8 Å². The quantitative estimate of drug-likeness (QED) is 0.412. The van der Waals surface area contributed by atoms with E-state index >= 15 is 0 Å². The number of benzene rings is 2. The van der Waals surface area contributed by atoms with Crippen LogP contribution >= 0.6 is 11.8 Å². The van der Waals surface area contributed by atoms with Gasteiger partial charge < -0.3 is 19.4 Å². The molecular formula is C26H21NO6S. The number of carboxylic acids is 1. The van der Waals surface area contributed by atoms with Crippen LogP contribution in [0.3, 0.4) is 0 Å². The molecule has 4 rings (SSSR count). The first-order valence-corrected chi connectivity index (χ1v) is 11.3. The number of nitrogens with zero attached hydrogens (tertiary/aromatic N) is 1. The minimum atomic E-state index is -1.06. The highest BCUT2D eigenvalue weighted by Crippen LogP contribution is 2.40. The number of carbonyl (C=O) groups excluding carboxylic acids is 1. The van der Waals surface area contributed by atoms with Crippen molar-refractivity contribution in [3.63, 3.8) is 0 Å². The maximum absolute atomic E-state index is 12.6. The molecule has 2 N–H and O–H groups in total. The van der Waals surface area contributed by atoms with Gasteiger partial charge in [0.15, 0.2) is 0 Å². The first kappa shape index (κ1) is 23.1. The van der Waals surface area contributed by atoms with Crippen molar-refractivity contribution in [2.75, 3.05) is 6.61 Å². The number of furan rings is 1. The van der Waals surface area contributed by atoms with E-state index in [0.29, 0.717) is 32.7 Å². The number of carbonyl (C=O) groups is 2. The highest BCUT2D eigenvalue weighted by molar-refractivity contribution is 8.18. The van der Waals surface area contributed by atoms with Crippen molar-refractivity contribution in [1.82, 2.24) is 0 Å². The maximum atomic E-state index is 12.6. The summed E-state index contributed by atoms with van der Waals surface area (Å²) in [5.41, 5.74) is 2.25. The number of aryl methyl sites for hydroxylation is 1. The number of hydrogen-bond acceptors (Lipinski definition) is 7. The molecule has 1 aliphatic heterocycles. The molecule has 34 heavy (non-hydrogen) atoms. The number of carboxylic acid groups (broad SMARTS) is 1. The summed E-state index contributed by atoms with van der Waals surface area (Å²) in [6.07, 6.45) is 1.57. The van der Waals surface area contributed by atoms with Crippen LogP contribution in [0, 0.1) is 6.92 Å². The zero-order valence-electron chi connectivity index (χ0n) is 18.4. The third-order valence-corrected chi connectivity index (χ3v) is 5.98. The SMILES string of the molecule is CCOC(=O)C1=C(O)C(=Cc2ccc(-c3ccccc3C(=O)O)o2)SC1=Nc1ccc(C)cc1. The molecule has 0 radical (unpaired) electrons.